The first-order valence-corrected chi connectivity index (χ1v) is 6.93. The normalized spacial score (nSPS) is 21.1. The quantitative estimate of drug-likeness (QED) is 0.670. The van der Waals surface area contributed by atoms with Crippen molar-refractivity contribution >= 4 is 11.6 Å². The molecule has 0 spiro atoms. The molecule has 0 heterocycles. The van der Waals surface area contributed by atoms with E-state index in [0.717, 1.165) is 5.56 Å². The molecule has 2 heteroatoms. The van der Waals surface area contributed by atoms with Crippen LogP contribution in [0.3, 0.4) is 0 Å². The molecule has 17 heavy (non-hydrogen) atoms. The average Bonchev–Trinajstić information content (AvgIpc) is 2.33. The number of benzene rings is 1. The fourth-order valence-electron chi connectivity index (χ4n) is 2.78. The lowest BCUT2D eigenvalue weighted by Gasteiger charge is -2.37. The van der Waals surface area contributed by atoms with Crippen molar-refractivity contribution in [1.29, 1.82) is 0 Å². The Kier molecular flexibility index (Phi) is 4.09. The highest BCUT2D eigenvalue weighted by atomic mass is 35.5. The van der Waals surface area contributed by atoms with Crippen molar-refractivity contribution in [1.82, 2.24) is 0 Å². The van der Waals surface area contributed by atoms with Crippen molar-refractivity contribution in [2.75, 3.05) is 0 Å². The molecule has 1 aliphatic rings. The van der Waals surface area contributed by atoms with Crippen LogP contribution in [0.25, 0.3) is 0 Å². The minimum Gasteiger partial charge on any atom is -0.207 e. The molecule has 94 valence electrons. The second-order valence-electron chi connectivity index (χ2n) is 5.48. The predicted molar refractivity (Wildman–Crippen MR) is 70.9 cm³/mol. The third kappa shape index (κ3) is 3.01. The minimum absolute atomic E-state index is 0.0414. The van der Waals surface area contributed by atoms with Crippen molar-refractivity contribution in [3.8, 4) is 0 Å². The molecule has 1 atom stereocenters. The average molecular weight is 255 g/mol. The molecule has 1 unspecified atom stereocenters. The SMILES string of the molecule is CC1(C(Cl)Cc2ccccc2F)CCCCC1. The molecule has 0 aliphatic heterocycles. The van der Waals surface area contributed by atoms with E-state index in [1.807, 2.05) is 12.1 Å². The first kappa shape index (κ1) is 12.9. The molecule has 1 fully saturated rings. The van der Waals surface area contributed by atoms with Gasteiger partial charge in [-0.15, -0.1) is 11.6 Å². The van der Waals surface area contributed by atoms with Gasteiger partial charge in [0.15, 0.2) is 0 Å². The van der Waals surface area contributed by atoms with Gasteiger partial charge in [-0.2, -0.15) is 0 Å². The van der Waals surface area contributed by atoms with E-state index < -0.39 is 0 Å². The molecular weight excluding hydrogens is 235 g/mol. The van der Waals surface area contributed by atoms with Crippen molar-refractivity contribution in [3.63, 3.8) is 0 Å². The maximum atomic E-state index is 13.6. The van der Waals surface area contributed by atoms with E-state index in [0.29, 0.717) is 6.42 Å². The van der Waals surface area contributed by atoms with Gasteiger partial charge in [-0.1, -0.05) is 44.4 Å². The van der Waals surface area contributed by atoms with E-state index in [4.69, 9.17) is 11.6 Å². The molecule has 1 aliphatic carbocycles. The van der Waals surface area contributed by atoms with Gasteiger partial charge in [0.05, 0.1) is 0 Å². The van der Waals surface area contributed by atoms with Gasteiger partial charge in [0, 0.05) is 5.38 Å². The summed E-state index contributed by atoms with van der Waals surface area (Å²) in [6, 6.07) is 6.97. The Labute approximate surface area is 108 Å². The second kappa shape index (κ2) is 5.39. The van der Waals surface area contributed by atoms with Gasteiger partial charge in [-0.05, 0) is 36.3 Å². The van der Waals surface area contributed by atoms with Gasteiger partial charge in [0.25, 0.3) is 0 Å². The number of hydrogen-bond donors (Lipinski definition) is 0. The summed E-state index contributed by atoms with van der Waals surface area (Å²) in [6.45, 7) is 2.25. The Morgan fingerprint density at radius 3 is 2.53 bits per heavy atom. The van der Waals surface area contributed by atoms with Gasteiger partial charge >= 0.3 is 0 Å². The highest BCUT2D eigenvalue weighted by molar-refractivity contribution is 6.21. The summed E-state index contributed by atoms with van der Waals surface area (Å²) in [7, 11) is 0. The van der Waals surface area contributed by atoms with Gasteiger partial charge in [0.1, 0.15) is 5.82 Å². The first-order chi connectivity index (χ1) is 8.12. The molecule has 2 rings (SSSR count). The number of hydrogen-bond acceptors (Lipinski definition) is 0. The van der Waals surface area contributed by atoms with Gasteiger partial charge in [-0.25, -0.2) is 4.39 Å². The van der Waals surface area contributed by atoms with Crippen molar-refractivity contribution in [3.05, 3.63) is 35.6 Å². The van der Waals surface area contributed by atoms with Crippen LogP contribution in [0, 0.1) is 11.2 Å². The molecule has 0 aromatic heterocycles. The third-order valence-corrected chi connectivity index (χ3v) is 4.79. The molecule has 0 saturated heterocycles. The summed E-state index contributed by atoms with van der Waals surface area (Å²) in [4.78, 5) is 0. The molecular formula is C15H20ClF. The summed E-state index contributed by atoms with van der Waals surface area (Å²) < 4.78 is 13.6. The lowest BCUT2D eigenvalue weighted by atomic mass is 9.72. The highest BCUT2D eigenvalue weighted by Crippen LogP contribution is 2.42. The Balaban J connectivity index is 2.05. The zero-order valence-electron chi connectivity index (χ0n) is 10.4. The topological polar surface area (TPSA) is 0 Å². The van der Waals surface area contributed by atoms with E-state index in [1.165, 1.54) is 38.2 Å². The fourth-order valence-corrected chi connectivity index (χ4v) is 3.16. The Morgan fingerprint density at radius 1 is 1.24 bits per heavy atom. The van der Waals surface area contributed by atoms with Crippen LogP contribution in [-0.4, -0.2) is 5.38 Å². The molecule has 0 radical (unpaired) electrons. The lowest BCUT2D eigenvalue weighted by Crippen LogP contribution is -2.32. The van der Waals surface area contributed by atoms with E-state index in [1.54, 1.807) is 6.07 Å². The van der Waals surface area contributed by atoms with Crippen molar-refractivity contribution in [2.45, 2.75) is 50.8 Å². The van der Waals surface area contributed by atoms with Crippen LogP contribution in [0.2, 0.25) is 0 Å². The molecule has 1 saturated carbocycles. The summed E-state index contributed by atoms with van der Waals surface area (Å²) in [6.07, 6.45) is 6.84. The van der Waals surface area contributed by atoms with Crippen LogP contribution in [0.4, 0.5) is 4.39 Å². The summed E-state index contributed by atoms with van der Waals surface area (Å²) in [5.41, 5.74) is 0.932. The molecule has 0 N–H and O–H groups in total. The number of rotatable bonds is 3. The van der Waals surface area contributed by atoms with E-state index in [2.05, 4.69) is 6.92 Å². The predicted octanol–water partition coefficient (Wildman–Crippen LogP) is 4.95. The van der Waals surface area contributed by atoms with E-state index in [-0.39, 0.29) is 16.6 Å². The standard InChI is InChI=1S/C15H20ClF/c1-15(9-5-2-6-10-15)14(16)11-12-7-3-4-8-13(12)17/h3-4,7-8,14H,2,5-6,9-11H2,1H3. The Morgan fingerprint density at radius 2 is 1.88 bits per heavy atom. The lowest BCUT2D eigenvalue weighted by molar-refractivity contribution is 0.204. The molecule has 0 bridgehead atoms. The Hall–Kier alpha value is -0.560. The van der Waals surface area contributed by atoms with Crippen LogP contribution in [0.5, 0.6) is 0 Å². The molecule has 0 amide bonds. The summed E-state index contributed by atoms with van der Waals surface area (Å²) in [5.74, 6) is -0.127. The Bertz CT molecular complexity index is 369. The third-order valence-electron chi connectivity index (χ3n) is 4.11. The van der Waals surface area contributed by atoms with Gasteiger partial charge in [-0.3, -0.25) is 0 Å². The maximum Gasteiger partial charge on any atom is 0.126 e. The van der Waals surface area contributed by atoms with E-state index in [9.17, 15) is 4.39 Å². The molecule has 1 aromatic carbocycles. The first-order valence-electron chi connectivity index (χ1n) is 6.49. The smallest absolute Gasteiger partial charge is 0.126 e. The summed E-state index contributed by atoms with van der Waals surface area (Å²) >= 11 is 6.54. The van der Waals surface area contributed by atoms with Gasteiger partial charge in [0.2, 0.25) is 0 Å². The monoisotopic (exact) mass is 254 g/mol. The molecule has 1 aromatic rings. The fraction of sp³-hybridized carbons (Fsp3) is 0.600. The second-order valence-corrected chi connectivity index (χ2v) is 6.00. The molecule has 0 nitrogen and oxygen atoms in total. The highest BCUT2D eigenvalue weighted by Gasteiger charge is 2.34. The van der Waals surface area contributed by atoms with Crippen LogP contribution in [0.15, 0.2) is 24.3 Å². The van der Waals surface area contributed by atoms with Crippen LogP contribution in [-0.2, 0) is 6.42 Å². The zero-order chi connectivity index (χ0) is 12.3. The van der Waals surface area contributed by atoms with Crippen LogP contribution < -0.4 is 0 Å². The zero-order valence-corrected chi connectivity index (χ0v) is 11.1. The van der Waals surface area contributed by atoms with Crippen molar-refractivity contribution in [2.24, 2.45) is 5.41 Å². The maximum absolute atomic E-state index is 13.6. The van der Waals surface area contributed by atoms with E-state index >= 15 is 0 Å². The number of alkyl halides is 1. The van der Waals surface area contributed by atoms with Crippen LogP contribution >= 0.6 is 11.6 Å². The van der Waals surface area contributed by atoms with Crippen molar-refractivity contribution < 1.29 is 4.39 Å². The number of halogens is 2. The minimum atomic E-state index is -0.127. The summed E-state index contributed by atoms with van der Waals surface area (Å²) in [5, 5.41) is 0.0414. The largest absolute Gasteiger partial charge is 0.207 e. The van der Waals surface area contributed by atoms with Gasteiger partial charge < -0.3 is 0 Å². The van der Waals surface area contributed by atoms with Crippen LogP contribution in [0.1, 0.15) is 44.6 Å².